The van der Waals surface area contributed by atoms with E-state index < -0.39 is 0 Å². The van der Waals surface area contributed by atoms with Crippen LogP contribution in [0.4, 0.5) is 0 Å². The summed E-state index contributed by atoms with van der Waals surface area (Å²) in [7, 11) is 0. The maximum absolute atomic E-state index is 3.25. The Morgan fingerprint density at radius 3 is 1.17 bits per heavy atom. The summed E-state index contributed by atoms with van der Waals surface area (Å²) in [6.07, 6.45) is 1.50. The summed E-state index contributed by atoms with van der Waals surface area (Å²) in [6, 6.07) is 0. The van der Waals surface area contributed by atoms with E-state index in [1.807, 2.05) is 0 Å². The molecule has 0 aromatic heterocycles. The van der Waals surface area contributed by atoms with E-state index in [0.717, 1.165) is 0 Å². The number of rotatable bonds is 0. The second-order valence-electron chi connectivity index (χ2n) is 0.289. The fourth-order valence-electron chi connectivity index (χ4n) is 0. The Balaban J connectivity index is -0.00000000667. The largest absolute Gasteiger partial charge is 1.00 e. The van der Waals surface area contributed by atoms with Crippen LogP contribution in [-0.4, -0.2) is 0 Å². The summed E-state index contributed by atoms with van der Waals surface area (Å²) in [5, 5.41) is 0. The molecule has 0 aromatic carbocycles. The molecule has 0 aliphatic rings. The van der Waals surface area contributed by atoms with Crippen LogP contribution in [0.25, 0.3) is 0 Å². The minimum atomic E-state index is 0. The molecule has 0 spiro atoms. The van der Waals surface area contributed by atoms with Gasteiger partial charge in [0.05, 0.1) is 0 Å². The maximum atomic E-state index is 3.25. The second kappa shape index (κ2) is 29.9. The van der Waals surface area contributed by atoms with Crippen molar-refractivity contribution in [2.75, 3.05) is 0 Å². The molecule has 0 amide bonds. The SMILES string of the molecule is [CH2]C=C.[Ce].[Cl-].[Cl-]. The van der Waals surface area contributed by atoms with Gasteiger partial charge < -0.3 is 24.8 Å². The van der Waals surface area contributed by atoms with Crippen molar-refractivity contribution in [3.8, 4) is 0 Å². The molecule has 3 heteroatoms. The topological polar surface area (TPSA) is 0 Å². The van der Waals surface area contributed by atoms with Gasteiger partial charge in [0.1, 0.15) is 0 Å². The molecular formula is C3H5CeCl2-2. The second-order valence-corrected chi connectivity index (χ2v) is 0.289. The predicted octanol–water partition coefficient (Wildman–Crippen LogP) is -4.99. The summed E-state index contributed by atoms with van der Waals surface area (Å²) in [4.78, 5) is 0. The first-order valence-electron chi connectivity index (χ1n) is 0.816. The van der Waals surface area contributed by atoms with Crippen LogP contribution in [0.5, 0.6) is 0 Å². The van der Waals surface area contributed by atoms with E-state index in [-0.39, 0.29) is 66.6 Å². The first kappa shape index (κ1) is 25.3. The molecular weight excluding hydrogens is 247 g/mol. The molecule has 0 heterocycles. The molecule has 0 rings (SSSR count). The van der Waals surface area contributed by atoms with E-state index >= 15 is 0 Å². The van der Waals surface area contributed by atoms with Crippen molar-refractivity contribution in [2.45, 2.75) is 0 Å². The molecule has 0 N–H and O–H groups in total. The Labute approximate surface area is 85.0 Å². The number of hydrogen-bond acceptors (Lipinski definition) is 0. The molecule has 0 atom stereocenters. The van der Waals surface area contributed by atoms with E-state index in [2.05, 4.69) is 13.5 Å². The summed E-state index contributed by atoms with van der Waals surface area (Å²) in [5.74, 6) is 0. The predicted molar refractivity (Wildman–Crippen MR) is 15.6 cm³/mol. The average molecular weight is 252 g/mol. The van der Waals surface area contributed by atoms with Crippen molar-refractivity contribution in [1.29, 1.82) is 0 Å². The maximum Gasteiger partial charge on any atom is 0 e. The first-order valence-corrected chi connectivity index (χ1v) is 0.816. The van der Waals surface area contributed by atoms with Crippen LogP contribution in [0.2, 0.25) is 0 Å². The van der Waals surface area contributed by atoms with Gasteiger partial charge in [-0.05, 0) is 6.92 Å². The first-order chi connectivity index (χ1) is 1.41. The van der Waals surface area contributed by atoms with Crippen LogP contribution >= 0.6 is 0 Å². The van der Waals surface area contributed by atoms with Crippen molar-refractivity contribution in [3.63, 3.8) is 0 Å². The Morgan fingerprint density at radius 1 is 1.17 bits per heavy atom. The smallest absolute Gasteiger partial charge is 0 e. The van der Waals surface area contributed by atoms with Crippen LogP contribution < -0.4 is 24.8 Å². The molecule has 0 nitrogen and oxygen atoms in total. The Hall–Kier alpha value is 1.70. The summed E-state index contributed by atoms with van der Waals surface area (Å²) in [6.45, 7) is 6.50. The number of allylic oxidation sites excluding steroid dienone is 1. The molecule has 0 bridgehead atoms. The van der Waals surface area contributed by atoms with Crippen molar-refractivity contribution < 1.29 is 66.6 Å². The van der Waals surface area contributed by atoms with Crippen LogP contribution in [0.3, 0.4) is 0 Å². The minimum absolute atomic E-state index is 0. The van der Waals surface area contributed by atoms with E-state index in [1.54, 1.807) is 0 Å². The molecule has 0 saturated carbocycles. The van der Waals surface area contributed by atoms with Crippen LogP contribution in [0, 0.1) is 48.7 Å². The van der Waals surface area contributed by atoms with E-state index in [9.17, 15) is 0 Å². The summed E-state index contributed by atoms with van der Waals surface area (Å²) in [5.41, 5.74) is 0. The minimum Gasteiger partial charge on any atom is -1.00 e. The molecule has 0 aliphatic heterocycles. The molecule has 0 aliphatic carbocycles. The van der Waals surface area contributed by atoms with Crippen LogP contribution in [0.15, 0.2) is 12.7 Å². The van der Waals surface area contributed by atoms with Gasteiger partial charge in [-0.25, -0.2) is 0 Å². The van der Waals surface area contributed by atoms with Gasteiger partial charge in [0.25, 0.3) is 0 Å². The fourth-order valence-corrected chi connectivity index (χ4v) is 0. The van der Waals surface area contributed by atoms with Crippen molar-refractivity contribution in [3.05, 3.63) is 19.6 Å². The molecule has 0 aromatic rings. The Bertz CT molecular complexity index is 16.3. The summed E-state index contributed by atoms with van der Waals surface area (Å²) >= 11 is 0. The molecule has 0 unspecified atom stereocenters. The zero-order valence-electron chi connectivity index (χ0n) is 3.25. The normalized spacial score (nSPS) is 2.17. The van der Waals surface area contributed by atoms with E-state index in [1.165, 1.54) is 6.08 Å². The standard InChI is InChI=1S/C3H5.Ce.2ClH/c1-3-2;;;/h3H,1-2H2;;2*1H/p-2. The Kier molecular flexibility index (Phi) is 126. The van der Waals surface area contributed by atoms with Gasteiger partial charge in [-0.1, -0.05) is 6.08 Å². The van der Waals surface area contributed by atoms with E-state index in [4.69, 9.17) is 0 Å². The average Bonchev–Trinajstić information content (AvgIpc) is 0.918. The quantitative estimate of drug-likeness (QED) is 0.405. The van der Waals surface area contributed by atoms with Gasteiger partial charge in [-0.3, -0.25) is 0 Å². The molecule has 37 valence electrons. The number of hydrogen-bond donors (Lipinski definition) is 0. The monoisotopic (exact) mass is 251 g/mol. The van der Waals surface area contributed by atoms with Gasteiger partial charge in [-0.15, -0.1) is 6.58 Å². The third-order valence-electron chi connectivity index (χ3n) is 0. The van der Waals surface area contributed by atoms with Crippen molar-refractivity contribution in [2.24, 2.45) is 0 Å². The van der Waals surface area contributed by atoms with Gasteiger partial charge >= 0.3 is 0 Å². The molecule has 0 fully saturated rings. The third-order valence-corrected chi connectivity index (χ3v) is 0. The third kappa shape index (κ3) is 43.7. The van der Waals surface area contributed by atoms with Crippen molar-refractivity contribution in [1.82, 2.24) is 0 Å². The van der Waals surface area contributed by atoms with Crippen LogP contribution in [0.1, 0.15) is 0 Å². The number of halogens is 2. The van der Waals surface area contributed by atoms with Crippen LogP contribution in [-0.2, 0) is 0 Å². The molecule has 0 saturated heterocycles. The Morgan fingerprint density at radius 2 is 1.17 bits per heavy atom. The van der Waals surface area contributed by atoms with E-state index in [0.29, 0.717) is 0 Å². The summed E-state index contributed by atoms with van der Waals surface area (Å²) < 4.78 is 0. The van der Waals surface area contributed by atoms with Gasteiger partial charge in [-0.2, -0.15) is 0 Å². The van der Waals surface area contributed by atoms with Crippen molar-refractivity contribution >= 4 is 0 Å². The van der Waals surface area contributed by atoms with Gasteiger partial charge in [0.2, 0.25) is 0 Å². The zero-order valence-corrected chi connectivity index (χ0v) is 7.90. The van der Waals surface area contributed by atoms with Gasteiger partial charge in [0.15, 0.2) is 0 Å². The van der Waals surface area contributed by atoms with Gasteiger partial charge in [0, 0.05) is 41.7 Å². The molecule has 6 heavy (non-hydrogen) atoms. The molecule has 1 radical (unpaired) electrons. The zero-order chi connectivity index (χ0) is 2.71. The fraction of sp³-hybridized carbons (Fsp3) is 0.